The molecular weight excluding hydrogens is 206 g/mol. The Kier molecular flexibility index (Phi) is 4.06. The molecule has 0 aromatic heterocycles. The summed E-state index contributed by atoms with van der Waals surface area (Å²) in [6.07, 6.45) is 4.24. The number of likely N-dealkylation sites (N-methyl/N-ethyl adjacent to an activating group) is 1. The van der Waals surface area contributed by atoms with Crippen LogP contribution in [0.15, 0.2) is 12.2 Å². The Bertz CT molecular complexity index is 312. The van der Waals surface area contributed by atoms with Gasteiger partial charge in [-0.2, -0.15) is 0 Å². The van der Waals surface area contributed by atoms with Gasteiger partial charge in [-0.1, -0.05) is 12.2 Å². The summed E-state index contributed by atoms with van der Waals surface area (Å²) in [4.78, 5) is 24.7. The van der Waals surface area contributed by atoms with Gasteiger partial charge in [0.05, 0.1) is 5.92 Å². The Balaban J connectivity index is 2.46. The van der Waals surface area contributed by atoms with E-state index in [-0.39, 0.29) is 23.8 Å². The van der Waals surface area contributed by atoms with Gasteiger partial charge < -0.3 is 16.0 Å². The first kappa shape index (κ1) is 12.7. The second kappa shape index (κ2) is 5.12. The number of hydrogen-bond donors (Lipinski definition) is 2. The molecule has 0 saturated heterocycles. The van der Waals surface area contributed by atoms with Crippen molar-refractivity contribution in [2.24, 2.45) is 11.7 Å². The summed E-state index contributed by atoms with van der Waals surface area (Å²) in [7, 11) is 3.33. The molecule has 5 nitrogen and oxygen atoms in total. The molecule has 0 aromatic carbocycles. The van der Waals surface area contributed by atoms with Crippen molar-refractivity contribution in [2.45, 2.75) is 25.4 Å². The SMILES string of the molecule is CC(NC(=O)C1C=CC(N)C1)C(=O)N(C)C. The molecule has 2 amide bonds. The zero-order chi connectivity index (χ0) is 12.3. The van der Waals surface area contributed by atoms with E-state index in [4.69, 9.17) is 5.73 Å². The molecule has 0 saturated carbocycles. The molecule has 0 heterocycles. The lowest BCUT2D eigenvalue weighted by molar-refractivity contribution is -0.134. The third-order valence-corrected chi connectivity index (χ3v) is 2.62. The first-order valence-corrected chi connectivity index (χ1v) is 5.37. The Morgan fingerprint density at radius 2 is 2.06 bits per heavy atom. The normalized spacial score (nSPS) is 25.2. The molecule has 0 aliphatic heterocycles. The number of carbonyl (C=O) groups is 2. The number of hydrogen-bond acceptors (Lipinski definition) is 3. The lowest BCUT2D eigenvalue weighted by atomic mass is 10.1. The van der Waals surface area contributed by atoms with Crippen molar-refractivity contribution < 1.29 is 9.59 Å². The van der Waals surface area contributed by atoms with Crippen LogP contribution in [0, 0.1) is 5.92 Å². The fraction of sp³-hybridized carbons (Fsp3) is 0.636. The molecular formula is C11H19N3O2. The number of amides is 2. The zero-order valence-corrected chi connectivity index (χ0v) is 9.93. The van der Waals surface area contributed by atoms with Gasteiger partial charge in [-0.05, 0) is 13.3 Å². The number of rotatable bonds is 3. The lowest BCUT2D eigenvalue weighted by Gasteiger charge is -2.19. The summed E-state index contributed by atoms with van der Waals surface area (Å²) in [5.74, 6) is -0.445. The van der Waals surface area contributed by atoms with E-state index in [0.717, 1.165) is 0 Å². The Morgan fingerprint density at radius 1 is 1.44 bits per heavy atom. The van der Waals surface area contributed by atoms with E-state index in [1.165, 1.54) is 4.90 Å². The fourth-order valence-corrected chi connectivity index (χ4v) is 1.69. The van der Waals surface area contributed by atoms with Crippen LogP contribution in [-0.4, -0.2) is 42.9 Å². The van der Waals surface area contributed by atoms with Crippen LogP contribution in [0.4, 0.5) is 0 Å². The molecule has 0 fully saturated rings. The largest absolute Gasteiger partial charge is 0.347 e. The predicted molar refractivity (Wildman–Crippen MR) is 61.5 cm³/mol. The van der Waals surface area contributed by atoms with Crippen LogP contribution in [-0.2, 0) is 9.59 Å². The van der Waals surface area contributed by atoms with Crippen molar-refractivity contribution in [3.8, 4) is 0 Å². The minimum Gasteiger partial charge on any atom is -0.347 e. The number of nitrogens with two attached hydrogens (primary N) is 1. The van der Waals surface area contributed by atoms with E-state index in [1.807, 2.05) is 6.08 Å². The predicted octanol–water partition coefficient (Wildman–Crippen LogP) is -0.517. The molecule has 3 unspecified atom stereocenters. The minimum absolute atomic E-state index is 0.0457. The molecule has 0 bridgehead atoms. The van der Waals surface area contributed by atoms with E-state index in [9.17, 15) is 9.59 Å². The first-order valence-electron chi connectivity index (χ1n) is 5.37. The maximum absolute atomic E-state index is 11.7. The van der Waals surface area contributed by atoms with Crippen LogP contribution in [0.3, 0.4) is 0 Å². The number of nitrogens with one attached hydrogen (secondary N) is 1. The molecule has 0 radical (unpaired) electrons. The standard InChI is InChI=1S/C11H19N3O2/c1-7(11(16)14(2)3)13-10(15)8-4-5-9(12)6-8/h4-5,7-9H,6,12H2,1-3H3,(H,13,15). The van der Waals surface area contributed by atoms with Crippen molar-refractivity contribution >= 4 is 11.8 Å². The van der Waals surface area contributed by atoms with Crippen molar-refractivity contribution in [3.63, 3.8) is 0 Å². The summed E-state index contributed by atoms with van der Waals surface area (Å²) < 4.78 is 0. The first-order chi connectivity index (χ1) is 7.41. The monoisotopic (exact) mass is 225 g/mol. The van der Waals surface area contributed by atoms with Crippen LogP contribution in [0.25, 0.3) is 0 Å². The summed E-state index contributed by atoms with van der Waals surface area (Å²) in [6.45, 7) is 1.68. The van der Waals surface area contributed by atoms with Gasteiger partial charge in [0.25, 0.3) is 0 Å². The third-order valence-electron chi connectivity index (χ3n) is 2.62. The van der Waals surface area contributed by atoms with Crippen molar-refractivity contribution in [1.29, 1.82) is 0 Å². The van der Waals surface area contributed by atoms with E-state index in [2.05, 4.69) is 5.32 Å². The molecule has 3 atom stereocenters. The van der Waals surface area contributed by atoms with Crippen molar-refractivity contribution in [2.75, 3.05) is 14.1 Å². The number of carbonyl (C=O) groups excluding carboxylic acids is 2. The Hall–Kier alpha value is -1.36. The van der Waals surface area contributed by atoms with Crippen LogP contribution in [0.1, 0.15) is 13.3 Å². The highest BCUT2D eigenvalue weighted by atomic mass is 16.2. The van der Waals surface area contributed by atoms with Crippen LogP contribution >= 0.6 is 0 Å². The summed E-state index contributed by atoms with van der Waals surface area (Å²) in [5.41, 5.74) is 5.66. The van der Waals surface area contributed by atoms with Gasteiger partial charge in [-0.3, -0.25) is 9.59 Å². The van der Waals surface area contributed by atoms with Crippen molar-refractivity contribution in [1.82, 2.24) is 10.2 Å². The Morgan fingerprint density at radius 3 is 2.50 bits per heavy atom. The molecule has 0 aromatic rings. The lowest BCUT2D eigenvalue weighted by Crippen LogP contribution is -2.46. The average molecular weight is 225 g/mol. The molecule has 1 aliphatic carbocycles. The highest BCUT2D eigenvalue weighted by Crippen LogP contribution is 2.16. The highest BCUT2D eigenvalue weighted by Gasteiger charge is 2.25. The molecule has 1 rings (SSSR count). The van der Waals surface area contributed by atoms with Crippen LogP contribution in [0.2, 0.25) is 0 Å². The van der Waals surface area contributed by atoms with Gasteiger partial charge >= 0.3 is 0 Å². The van der Waals surface area contributed by atoms with Crippen LogP contribution < -0.4 is 11.1 Å². The second-order valence-electron chi connectivity index (χ2n) is 4.35. The fourth-order valence-electron chi connectivity index (χ4n) is 1.69. The van der Waals surface area contributed by atoms with E-state index >= 15 is 0 Å². The van der Waals surface area contributed by atoms with Gasteiger partial charge in [0, 0.05) is 20.1 Å². The Labute approximate surface area is 95.7 Å². The highest BCUT2D eigenvalue weighted by molar-refractivity contribution is 5.88. The summed E-state index contributed by atoms with van der Waals surface area (Å²) in [5, 5.41) is 2.69. The maximum atomic E-state index is 11.7. The van der Waals surface area contributed by atoms with Gasteiger partial charge in [0.2, 0.25) is 11.8 Å². The topological polar surface area (TPSA) is 75.4 Å². The number of nitrogens with zero attached hydrogens (tertiary/aromatic N) is 1. The van der Waals surface area contributed by atoms with Crippen molar-refractivity contribution in [3.05, 3.63) is 12.2 Å². The average Bonchev–Trinajstić information content (AvgIpc) is 2.63. The smallest absolute Gasteiger partial charge is 0.244 e. The van der Waals surface area contributed by atoms with Gasteiger partial charge in [0.1, 0.15) is 6.04 Å². The zero-order valence-electron chi connectivity index (χ0n) is 9.93. The third kappa shape index (κ3) is 3.06. The summed E-state index contributed by atoms with van der Waals surface area (Å²) in [6, 6.07) is -0.539. The maximum Gasteiger partial charge on any atom is 0.244 e. The molecule has 1 aliphatic rings. The van der Waals surface area contributed by atoms with E-state index in [1.54, 1.807) is 27.1 Å². The van der Waals surface area contributed by atoms with Gasteiger partial charge in [-0.25, -0.2) is 0 Å². The molecule has 0 spiro atoms. The molecule has 16 heavy (non-hydrogen) atoms. The summed E-state index contributed by atoms with van der Waals surface area (Å²) >= 11 is 0. The van der Waals surface area contributed by atoms with E-state index in [0.29, 0.717) is 6.42 Å². The van der Waals surface area contributed by atoms with E-state index < -0.39 is 6.04 Å². The minimum atomic E-state index is -0.493. The molecule has 5 heteroatoms. The molecule has 3 N–H and O–H groups in total. The van der Waals surface area contributed by atoms with Gasteiger partial charge in [-0.15, -0.1) is 0 Å². The second-order valence-corrected chi connectivity index (χ2v) is 4.35. The van der Waals surface area contributed by atoms with Gasteiger partial charge in [0.15, 0.2) is 0 Å². The van der Waals surface area contributed by atoms with Crippen LogP contribution in [0.5, 0.6) is 0 Å². The molecule has 90 valence electrons. The quantitative estimate of drug-likeness (QED) is 0.635.